The molecule has 9 heteroatoms. The van der Waals surface area contributed by atoms with E-state index in [0.29, 0.717) is 13.1 Å². The number of carbonyl (C=O) groups is 4. The normalized spacial score (nSPS) is 10.2. The average Bonchev–Trinajstić information content (AvgIpc) is 2.35. The van der Waals surface area contributed by atoms with Crippen LogP contribution in [0.1, 0.15) is 34.6 Å². The molecule has 0 unspecified atom stereocenters. The molecule has 0 heterocycles. The van der Waals surface area contributed by atoms with Crippen LogP contribution in [0.2, 0.25) is 0 Å². The SMILES string of the molecule is CC(=O)OCCN(CCOC(C)=O)CC(=O)OC(C)(C)C.O=CO. The first-order chi connectivity index (χ1) is 11.0. The number of esters is 3. The third-order valence-electron chi connectivity index (χ3n) is 2.20. The molecule has 0 aliphatic carbocycles. The van der Waals surface area contributed by atoms with Gasteiger partial charge in [-0.1, -0.05) is 0 Å². The fourth-order valence-corrected chi connectivity index (χ4v) is 1.46. The van der Waals surface area contributed by atoms with Gasteiger partial charge in [0.15, 0.2) is 0 Å². The Morgan fingerprint density at radius 3 is 1.67 bits per heavy atom. The van der Waals surface area contributed by atoms with Crippen molar-refractivity contribution < 1.29 is 38.5 Å². The lowest BCUT2D eigenvalue weighted by Crippen LogP contribution is -2.38. The summed E-state index contributed by atoms with van der Waals surface area (Å²) in [6.07, 6.45) is 0. The van der Waals surface area contributed by atoms with Crippen LogP contribution in [0, 0.1) is 0 Å². The van der Waals surface area contributed by atoms with Gasteiger partial charge in [0, 0.05) is 26.9 Å². The van der Waals surface area contributed by atoms with E-state index in [1.165, 1.54) is 13.8 Å². The monoisotopic (exact) mass is 349 g/mol. The van der Waals surface area contributed by atoms with Crippen LogP contribution in [0.15, 0.2) is 0 Å². The van der Waals surface area contributed by atoms with Crippen molar-refractivity contribution in [3.05, 3.63) is 0 Å². The molecule has 0 spiro atoms. The zero-order chi connectivity index (χ0) is 19.2. The lowest BCUT2D eigenvalue weighted by Gasteiger charge is -2.24. The molecule has 0 radical (unpaired) electrons. The highest BCUT2D eigenvalue weighted by atomic mass is 16.6. The smallest absolute Gasteiger partial charge is 0.320 e. The summed E-state index contributed by atoms with van der Waals surface area (Å²) in [7, 11) is 0. The van der Waals surface area contributed by atoms with Crippen LogP contribution in [-0.2, 0) is 33.4 Å². The summed E-state index contributed by atoms with van der Waals surface area (Å²) in [4.78, 5) is 43.3. The van der Waals surface area contributed by atoms with Gasteiger partial charge in [0.1, 0.15) is 18.8 Å². The van der Waals surface area contributed by atoms with Crippen LogP contribution in [0.4, 0.5) is 0 Å². The largest absolute Gasteiger partial charge is 0.483 e. The van der Waals surface area contributed by atoms with E-state index in [2.05, 4.69) is 0 Å². The molecule has 24 heavy (non-hydrogen) atoms. The summed E-state index contributed by atoms with van der Waals surface area (Å²) in [6.45, 7) is 8.83. The standard InChI is InChI=1S/C14H25NO6.CH2O2/c1-11(16)19-8-6-15(7-9-20-12(2)17)10-13(18)21-14(3,4)5;2-1-3/h6-10H2,1-5H3;1H,(H,2,3). The van der Waals surface area contributed by atoms with Crippen LogP contribution in [0.25, 0.3) is 0 Å². The molecule has 0 aromatic rings. The number of rotatable bonds is 8. The summed E-state index contributed by atoms with van der Waals surface area (Å²) in [5.74, 6) is -1.15. The number of carbonyl (C=O) groups excluding carboxylic acids is 3. The molecular formula is C15H27NO8. The second-order valence-electron chi connectivity index (χ2n) is 5.65. The van der Waals surface area contributed by atoms with E-state index in [-0.39, 0.29) is 44.1 Å². The highest BCUT2D eigenvalue weighted by molar-refractivity contribution is 5.72. The van der Waals surface area contributed by atoms with Gasteiger partial charge >= 0.3 is 17.9 Å². The first-order valence-electron chi connectivity index (χ1n) is 7.30. The van der Waals surface area contributed by atoms with Crippen LogP contribution in [0.5, 0.6) is 0 Å². The summed E-state index contributed by atoms with van der Waals surface area (Å²) in [5, 5.41) is 6.89. The molecule has 0 aliphatic heterocycles. The molecule has 0 saturated carbocycles. The zero-order valence-electron chi connectivity index (χ0n) is 14.9. The molecule has 0 aromatic carbocycles. The van der Waals surface area contributed by atoms with Crippen LogP contribution >= 0.6 is 0 Å². The van der Waals surface area contributed by atoms with Crippen molar-refractivity contribution in [3.8, 4) is 0 Å². The third-order valence-corrected chi connectivity index (χ3v) is 2.20. The van der Waals surface area contributed by atoms with E-state index in [4.69, 9.17) is 24.1 Å². The van der Waals surface area contributed by atoms with Crippen molar-refractivity contribution in [2.45, 2.75) is 40.2 Å². The minimum Gasteiger partial charge on any atom is -0.483 e. The topological polar surface area (TPSA) is 119 Å². The zero-order valence-corrected chi connectivity index (χ0v) is 14.9. The Balaban J connectivity index is 0. The van der Waals surface area contributed by atoms with Crippen molar-refractivity contribution in [1.29, 1.82) is 0 Å². The fourth-order valence-electron chi connectivity index (χ4n) is 1.46. The minimum atomic E-state index is -0.561. The predicted octanol–water partition coefficient (Wildman–Crippen LogP) is 0.457. The lowest BCUT2D eigenvalue weighted by molar-refractivity contribution is -0.156. The molecule has 0 aromatic heterocycles. The number of hydrogen-bond donors (Lipinski definition) is 1. The average molecular weight is 349 g/mol. The van der Waals surface area contributed by atoms with E-state index in [0.717, 1.165) is 0 Å². The molecule has 0 atom stereocenters. The van der Waals surface area contributed by atoms with Gasteiger partial charge in [-0.25, -0.2) is 0 Å². The van der Waals surface area contributed by atoms with Gasteiger partial charge in [-0.15, -0.1) is 0 Å². The van der Waals surface area contributed by atoms with Gasteiger partial charge in [0.05, 0.1) is 6.54 Å². The van der Waals surface area contributed by atoms with Gasteiger partial charge in [0.2, 0.25) is 0 Å². The number of carboxylic acid groups (broad SMARTS) is 1. The quantitative estimate of drug-likeness (QED) is 0.378. The Hall–Kier alpha value is -2.16. The van der Waals surface area contributed by atoms with Crippen molar-refractivity contribution in [1.82, 2.24) is 4.90 Å². The minimum absolute atomic E-state index is 0.0415. The maximum Gasteiger partial charge on any atom is 0.320 e. The maximum atomic E-state index is 11.8. The van der Waals surface area contributed by atoms with Gasteiger partial charge in [0.25, 0.3) is 6.47 Å². The molecule has 0 saturated heterocycles. The molecule has 9 nitrogen and oxygen atoms in total. The molecule has 0 amide bonds. The third kappa shape index (κ3) is 19.8. The molecular weight excluding hydrogens is 322 g/mol. The first kappa shape index (κ1) is 24.1. The summed E-state index contributed by atoms with van der Waals surface area (Å²) in [6, 6.07) is 0. The Morgan fingerprint density at radius 1 is 1.00 bits per heavy atom. The van der Waals surface area contributed by atoms with Crippen molar-refractivity contribution in [2.75, 3.05) is 32.8 Å². The van der Waals surface area contributed by atoms with E-state index >= 15 is 0 Å². The van der Waals surface area contributed by atoms with E-state index in [9.17, 15) is 14.4 Å². The summed E-state index contributed by atoms with van der Waals surface area (Å²) < 4.78 is 14.9. The van der Waals surface area contributed by atoms with Crippen molar-refractivity contribution in [3.63, 3.8) is 0 Å². The van der Waals surface area contributed by atoms with E-state index in [1.54, 1.807) is 25.7 Å². The van der Waals surface area contributed by atoms with Crippen LogP contribution in [0.3, 0.4) is 0 Å². The van der Waals surface area contributed by atoms with Gasteiger partial charge in [-0.05, 0) is 20.8 Å². The second-order valence-corrected chi connectivity index (χ2v) is 5.65. The number of nitrogens with zero attached hydrogens (tertiary/aromatic N) is 1. The van der Waals surface area contributed by atoms with Crippen LogP contribution < -0.4 is 0 Å². The lowest BCUT2D eigenvalue weighted by atomic mass is 10.2. The Morgan fingerprint density at radius 2 is 1.38 bits per heavy atom. The number of ether oxygens (including phenoxy) is 3. The molecule has 0 rings (SSSR count). The fraction of sp³-hybridized carbons (Fsp3) is 0.733. The molecule has 0 aliphatic rings. The predicted molar refractivity (Wildman–Crippen MR) is 84.2 cm³/mol. The Bertz CT molecular complexity index is 383. The Kier molecular flexibility index (Phi) is 13.3. The second kappa shape index (κ2) is 13.3. The summed E-state index contributed by atoms with van der Waals surface area (Å²) >= 11 is 0. The van der Waals surface area contributed by atoms with Gasteiger partial charge in [-0.2, -0.15) is 0 Å². The first-order valence-corrected chi connectivity index (χ1v) is 7.30. The summed E-state index contributed by atoms with van der Waals surface area (Å²) in [5.41, 5.74) is -0.561. The highest BCUT2D eigenvalue weighted by Crippen LogP contribution is 2.07. The molecule has 0 fully saturated rings. The highest BCUT2D eigenvalue weighted by Gasteiger charge is 2.19. The van der Waals surface area contributed by atoms with Gasteiger partial charge < -0.3 is 19.3 Å². The van der Waals surface area contributed by atoms with E-state index in [1.807, 2.05) is 0 Å². The van der Waals surface area contributed by atoms with Crippen molar-refractivity contribution in [2.24, 2.45) is 0 Å². The van der Waals surface area contributed by atoms with Gasteiger partial charge in [-0.3, -0.25) is 24.1 Å². The molecule has 0 bridgehead atoms. The number of hydrogen-bond acceptors (Lipinski definition) is 8. The van der Waals surface area contributed by atoms with Crippen LogP contribution in [-0.4, -0.2) is 72.8 Å². The maximum absolute atomic E-state index is 11.8. The Labute approximate surface area is 141 Å². The molecule has 1 N–H and O–H groups in total. The van der Waals surface area contributed by atoms with Crippen molar-refractivity contribution >= 4 is 24.4 Å². The molecule has 140 valence electrons. The van der Waals surface area contributed by atoms with E-state index < -0.39 is 5.60 Å².